The van der Waals surface area contributed by atoms with E-state index in [4.69, 9.17) is 12.2 Å². The quantitative estimate of drug-likeness (QED) is 0.253. The minimum absolute atomic E-state index is 0.0405. The van der Waals surface area contributed by atoms with Crippen molar-refractivity contribution in [3.05, 3.63) is 27.7 Å². The van der Waals surface area contributed by atoms with Gasteiger partial charge in [0.15, 0.2) is 0 Å². The molecule has 3 aliphatic rings. The normalized spacial score (nSPS) is 18.8. The number of amides is 3. The first kappa shape index (κ1) is 25.4. The summed E-state index contributed by atoms with van der Waals surface area (Å²) in [7, 11) is 0. The summed E-state index contributed by atoms with van der Waals surface area (Å²) in [4.78, 5) is 31.5. The molecule has 0 aromatic carbocycles. The Morgan fingerprint density at radius 2 is 1.97 bits per heavy atom. The number of piperidine rings is 1. The summed E-state index contributed by atoms with van der Waals surface area (Å²) in [6.45, 7) is 2.74. The standard InChI is InChI=1S/C24H35N5O2S3/c30-21(25-12-15-33-24(32)27-19-6-7-19)20-16-34-22(28-20)18-9-13-29(14-10-18)23(31)26-11-8-17-4-2-1-3-5-17/h4,16,18-19H,1-3,5-15H2,(H,25,30)(H,26,31)(H,27,32). The van der Waals surface area contributed by atoms with Crippen LogP contribution in [0.4, 0.5) is 4.79 Å². The van der Waals surface area contributed by atoms with Gasteiger partial charge in [-0.25, -0.2) is 9.78 Å². The number of carbonyl (C=O) groups is 2. The van der Waals surface area contributed by atoms with E-state index in [-0.39, 0.29) is 11.9 Å². The molecule has 2 fully saturated rings. The van der Waals surface area contributed by atoms with Crippen molar-refractivity contribution in [3.8, 4) is 0 Å². The molecule has 3 N–H and O–H groups in total. The van der Waals surface area contributed by atoms with E-state index in [0.29, 0.717) is 24.2 Å². The summed E-state index contributed by atoms with van der Waals surface area (Å²) in [5, 5.41) is 12.1. The van der Waals surface area contributed by atoms with Crippen molar-refractivity contribution in [2.45, 2.75) is 69.7 Å². The minimum Gasteiger partial charge on any atom is -0.368 e. The molecule has 0 spiro atoms. The third-order valence-corrected chi connectivity index (χ3v) is 8.78. The smallest absolute Gasteiger partial charge is 0.317 e. The van der Waals surface area contributed by atoms with E-state index in [2.05, 4.69) is 27.0 Å². The topological polar surface area (TPSA) is 86.4 Å². The number of likely N-dealkylation sites (tertiary alicyclic amines) is 1. The van der Waals surface area contributed by atoms with Gasteiger partial charge in [-0.15, -0.1) is 11.3 Å². The maximum absolute atomic E-state index is 12.5. The van der Waals surface area contributed by atoms with Gasteiger partial charge in [-0.1, -0.05) is 35.6 Å². The van der Waals surface area contributed by atoms with Crippen molar-refractivity contribution < 1.29 is 9.59 Å². The van der Waals surface area contributed by atoms with E-state index in [9.17, 15) is 9.59 Å². The monoisotopic (exact) mass is 521 g/mol. The SMILES string of the molecule is O=C(NCCSC(=S)NC1CC1)c1csc(C2CCN(C(=O)NCCC3=CCCCC3)CC2)n1. The number of rotatable bonds is 9. The highest BCUT2D eigenvalue weighted by atomic mass is 32.2. The van der Waals surface area contributed by atoms with Crippen LogP contribution in [-0.4, -0.2) is 64.1 Å². The molecule has 1 aromatic rings. The van der Waals surface area contributed by atoms with E-state index in [0.717, 1.165) is 54.0 Å². The van der Waals surface area contributed by atoms with Crippen molar-refractivity contribution in [1.82, 2.24) is 25.8 Å². The third kappa shape index (κ3) is 7.95. The molecule has 3 amide bonds. The van der Waals surface area contributed by atoms with Crippen molar-refractivity contribution in [1.29, 1.82) is 0 Å². The maximum Gasteiger partial charge on any atom is 0.317 e. The fraction of sp³-hybridized carbons (Fsp3) is 0.667. The number of nitrogens with zero attached hydrogens (tertiary/aromatic N) is 2. The van der Waals surface area contributed by atoms with Crippen molar-refractivity contribution >= 4 is 51.6 Å². The molecule has 186 valence electrons. The van der Waals surface area contributed by atoms with Crippen LogP contribution in [0.5, 0.6) is 0 Å². The molecular weight excluding hydrogens is 486 g/mol. The van der Waals surface area contributed by atoms with Crippen LogP contribution >= 0.6 is 35.3 Å². The Bertz CT molecular complexity index is 891. The Morgan fingerprint density at radius 3 is 2.71 bits per heavy atom. The predicted molar refractivity (Wildman–Crippen MR) is 144 cm³/mol. The second kappa shape index (κ2) is 12.9. The predicted octanol–water partition coefficient (Wildman–Crippen LogP) is 4.42. The molecule has 1 saturated heterocycles. The lowest BCUT2D eigenvalue weighted by Gasteiger charge is -2.31. The molecule has 0 radical (unpaired) electrons. The average molecular weight is 522 g/mol. The summed E-state index contributed by atoms with van der Waals surface area (Å²) in [5.74, 6) is 0.929. The van der Waals surface area contributed by atoms with Crippen LogP contribution in [0.2, 0.25) is 0 Å². The number of carbonyl (C=O) groups excluding carboxylic acids is 2. The van der Waals surface area contributed by atoms with Crippen LogP contribution in [0, 0.1) is 0 Å². The third-order valence-electron chi connectivity index (χ3n) is 6.51. The lowest BCUT2D eigenvalue weighted by Crippen LogP contribution is -2.44. The highest BCUT2D eigenvalue weighted by molar-refractivity contribution is 8.22. The number of hydrogen-bond donors (Lipinski definition) is 3. The van der Waals surface area contributed by atoms with Crippen molar-refractivity contribution in [3.63, 3.8) is 0 Å². The molecule has 1 aliphatic heterocycles. The van der Waals surface area contributed by atoms with E-state index in [1.54, 1.807) is 23.1 Å². The van der Waals surface area contributed by atoms with E-state index < -0.39 is 0 Å². The Balaban J connectivity index is 1.12. The zero-order valence-corrected chi connectivity index (χ0v) is 22.1. The molecule has 2 aliphatic carbocycles. The van der Waals surface area contributed by atoms with Crippen LogP contribution in [0.25, 0.3) is 0 Å². The first-order valence-corrected chi connectivity index (χ1v) is 14.7. The first-order chi connectivity index (χ1) is 16.6. The summed E-state index contributed by atoms with van der Waals surface area (Å²) in [5.41, 5.74) is 1.97. The molecule has 34 heavy (non-hydrogen) atoms. The molecule has 0 unspecified atom stereocenters. The second-order valence-corrected chi connectivity index (χ2v) is 11.9. The van der Waals surface area contributed by atoms with Gasteiger partial charge >= 0.3 is 6.03 Å². The number of thioether (sulfide) groups is 1. The zero-order valence-electron chi connectivity index (χ0n) is 19.6. The molecule has 7 nitrogen and oxygen atoms in total. The Morgan fingerprint density at radius 1 is 1.15 bits per heavy atom. The number of allylic oxidation sites excluding steroid dienone is 1. The van der Waals surface area contributed by atoms with Crippen LogP contribution in [0.1, 0.15) is 79.2 Å². The van der Waals surface area contributed by atoms with Gasteiger partial charge < -0.3 is 20.9 Å². The number of urea groups is 1. The number of thiocarbonyl (C=S) groups is 1. The van der Waals surface area contributed by atoms with E-state index in [1.165, 1.54) is 44.1 Å². The van der Waals surface area contributed by atoms with Gasteiger partial charge in [0.2, 0.25) is 0 Å². The Labute approximate surface area is 215 Å². The average Bonchev–Trinajstić information content (AvgIpc) is 3.53. The fourth-order valence-corrected chi connectivity index (χ4v) is 6.34. The minimum atomic E-state index is -0.130. The number of aromatic nitrogens is 1. The number of hydrogen-bond acceptors (Lipinski definition) is 6. The molecule has 2 heterocycles. The summed E-state index contributed by atoms with van der Waals surface area (Å²) >= 11 is 8.41. The molecule has 1 saturated carbocycles. The number of nitrogens with one attached hydrogen (secondary N) is 3. The molecule has 1 aromatic heterocycles. The molecule has 10 heteroatoms. The summed E-state index contributed by atoms with van der Waals surface area (Å²) in [6.07, 6.45) is 12.4. The molecular formula is C24H35N5O2S3. The van der Waals surface area contributed by atoms with Crippen molar-refractivity contribution in [2.24, 2.45) is 0 Å². The van der Waals surface area contributed by atoms with Gasteiger partial charge in [0.25, 0.3) is 5.91 Å². The van der Waals surface area contributed by atoms with Crippen LogP contribution in [0.15, 0.2) is 17.0 Å². The molecule has 0 bridgehead atoms. The van der Waals surface area contributed by atoms with Crippen LogP contribution in [0.3, 0.4) is 0 Å². The maximum atomic E-state index is 12.5. The number of thiazole rings is 1. The zero-order chi connectivity index (χ0) is 23.8. The van der Waals surface area contributed by atoms with Gasteiger partial charge in [-0.05, 0) is 57.8 Å². The van der Waals surface area contributed by atoms with E-state index in [1.807, 2.05) is 10.3 Å². The Hall–Kier alpha value is -1.65. The van der Waals surface area contributed by atoms with Crippen LogP contribution < -0.4 is 16.0 Å². The largest absolute Gasteiger partial charge is 0.368 e. The highest BCUT2D eigenvalue weighted by Crippen LogP contribution is 2.30. The highest BCUT2D eigenvalue weighted by Gasteiger charge is 2.26. The van der Waals surface area contributed by atoms with Gasteiger partial charge in [0.05, 0.1) is 5.01 Å². The fourth-order valence-electron chi connectivity index (χ4n) is 4.32. The van der Waals surface area contributed by atoms with Crippen LogP contribution in [-0.2, 0) is 0 Å². The second-order valence-electron chi connectivity index (χ2n) is 9.23. The summed E-state index contributed by atoms with van der Waals surface area (Å²) in [6, 6.07) is 0.604. The van der Waals surface area contributed by atoms with Gasteiger partial charge in [-0.2, -0.15) is 0 Å². The van der Waals surface area contributed by atoms with Crippen molar-refractivity contribution in [2.75, 3.05) is 31.9 Å². The molecule has 0 atom stereocenters. The van der Waals surface area contributed by atoms with Gasteiger partial charge in [-0.3, -0.25) is 4.79 Å². The van der Waals surface area contributed by atoms with Gasteiger partial charge in [0.1, 0.15) is 10.0 Å². The lowest BCUT2D eigenvalue weighted by molar-refractivity contribution is 0.0951. The van der Waals surface area contributed by atoms with E-state index >= 15 is 0 Å². The van der Waals surface area contributed by atoms with Gasteiger partial charge in [0, 0.05) is 49.3 Å². The molecule has 4 rings (SSSR count). The summed E-state index contributed by atoms with van der Waals surface area (Å²) < 4.78 is 0.814. The first-order valence-electron chi connectivity index (χ1n) is 12.5. The lowest BCUT2D eigenvalue weighted by atomic mass is 9.97. The Kier molecular flexibility index (Phi) is 9.64.